The number of hydrogen-bond acceptors (Lipinski definition) is 7. The molecule has 0 spiro atoms. The molecule has 178 valence electrons. The zero-order valence-electron chi connectivity index (χ0n) is 18.5. The van der Waals surface area contributed by atoms with Crippen molar-refractivity contribution in [3.63, 3.8) is 0 Å². The molecule has 3 rings (SSSR count). The summed E-state index contributed by atoms with van der Waals surface area (Å²) in [6.45, 7) is -0.233. The van der Waals surface area contributed by atoms with E-state index in [1.54, 1.807) is 6.07 Å². The van der Waals surface area contributed by atoms with E-state index < -0.39 is 36.2 Å². The average molecular weight is 459 g/mol. The molecular weight excluding hydrogens is 428 g/mol. The second kappa shape index (κ2) is 12.1. The van der Waals surface area contributed by atoms with Crippen LogP contribution in [0.4, 0.5) is 0 Å². The molecule has 2 fully saturated rings. The van der Waals surface area contributed by atoms with Crippen molar-refractivity contribution in [2.75, 3.05) is 19.7 Å². The molecule has 1 saturated heterocycles. The van der Waals surface area contributed by atoms with Crippen LogP contribution in [-0.2, 0) is 23.9 Å². The van der Waals surface area contributed by atoms with E-state index >= 15 is 0 Å². The van der Waals surface area contributed by atoms with Crippen molar-refractivity contribution in [3.8, 4) is 0 Å². The van der Waals surface area contributed by atoms with Gasteiger partial charge in [0.05, 0.1) is 18.2 Å². The third-order valence-corrected chi connectivity index (χ3v) is 6.04. The molecule has 0 bridgehead atoms. The molecule has 2 heterocycles. The number of aromatic nitrogens is 1. The van der Waals surface area contributed by atoms with E-state index in [4.69, 9.17) is 4.74 Å². The molecule has 2 aliphatic rings. The fraction of sp³-hybridized carbons (Fsp3) is 0.565. The van der Waals surface area contributed by atoms with Gasteiger partial charge in [-0.3, -0.25) is 24.2 Å². The van der Waals surface area contributed by atoms with Gasteiger partial charge in [0.25, 0.3) is 0 Å². The van der Waals surface area contributed by atoms with Crippen LogP contribution in [0.25, 0.3) is 0 Å². The van der Waals surface area contributed by atoms with Crippen molar-refractivity contribution < 1.29 is 28.7 Å². The second-order valence-electron chi connectivity index (χ2n) is 8.47. The highest BCUT2D eigenvalue weighted by molar-refractivity contribution is 5.95. The summed E-state index contributed by atoms with van der Waals surface area (Å²) in [7, 11) is 0. The molecule has 10 heteroatoms. The predicted molar refractivity (Wildman–Crippen MR) is 117 cm³/mol. The van der Waals surface area contributed by atoms with Gasteiger partial charge in [0, 0.05) is 30.8 Å². The van der Waals surface area contributed by atoms with Gasteiger partial charge >= 0.3 is 5.97 Å². The Hall–Kier alpha value is -3.30. The molecule has 1 aliphatic heterocycles. The lowest BCUT2D eigenvalue weighted by molar-refractivity contribution is -0.132. The summed E-state index contributed by atoms with van der Waals surface area (Å²) >= 11 is 0. The van der Waals surface area contributed by atoms with Gasteiger partial charge in [-0.2, -0.15) is 0 Å². The smallest absolute Gasteiger partial charge is 0.340 e. The topological polar surface area (TPSA) is 144 Å². The van der Waals surface area contributed by atoms with E-state index in [1.807, 2.05) is 0 Å². The van der Waals surface area contributed by atoms with Crippen LogP contribution in [0.3, 0.4) is 0 Å². The fourth-order valence-electron chi connectivity index (χ4n) is 4.16. The molecule has 2 atom stereocenters. The van der Waals surface area contributed by atoms with Crippen LogP contribution in [0, 0.1) is 11.8 Å². The first-order valence-electron chi connectivity index (χ1n) is 11.4. The molecule has 0 radical (unpaired) electrons. The highest BCUT2D eigenvalue weighted by Gasteiger charge is 2.31. The molecule has 3 N–H and O–H groups in total. The molecule has 1 aromatic heterocycles. The number of hydrogen-bond donors (Lipinski definition) is 3. The number of ketones is 1. The molecular formula is C23H30N4O6. The maximum atomic E-state index is 12.8. The van der Waals surface area contributed by atoms with Gasteiger partial charge in [0.15, 0.2) is 12.4 Å². The number of rotatable bonds is 10. The van der Waals surface area contributed by atoms with Crippen LogP contribution < -0.4 is 16.0 Å². The van der Waals surface area contributed by atoms with Gasteiger partial charge in [-0.05, 0) is 44.2 Å². The zero-order chi connectivity index (χ0) is 23.6. The standard InChI is InChI=1S/C23H30N4O6/c28-19(14-33-23(32)17-8-3-9-24-12-17)18(11-16-7-4-10-25-22(16)31)27-20(29)13-26-21(30)15-5-1-2-6-15/h3,8-9,12,15-16,18H,1-2,4-7,10-11,13-14H2,(H,25,31)(H,26,30)(H,27,29). The Bertz CT molecular complexity index is 869. The SMILES string of the molecule is O=C(CNC(=O)C1CCCC1)NC(CC1CCCNC1=O)C(=O)COC(=O)c1cccnc1. The zero-order valence-corrected chi connectivity index (χ0v) is 18.5. The monoisotopic (exact) mass is 458 g/mol. The van der Waals surface area contributed by atoms with Crippen molar-refractivity contribution in [1.29, 1.82) is 0 Å². The number of piperidine rings is 1. The first-order chi connectivity index (χ1) is 15.9. The van der Waals surface area contributed by atoms with Crippen molar-refractivity contribution in [2.45, 2.75) is 51.0 Å². The van der Waals surface area contributed by atoms with E-state index in [9.17, 15) is 24.0 Å². The number of ether oxygens (including phenoxy) is 1. The van der Waals surface area contributed by atoms with Crippen molar-refractivity contribution in [1.82, 2.24) is 20.9 Å². The molecule has 3 amide bonds. The summed E-state index contributed by atoms with van der Waals surface area (Å²) in [6, 6.07) is 2.07. The number of esters is 1. The average Bonchev–Trinajstić information content (AvgIpc) is 3.37. The van der Waals surface area contributed by atoms with Gasteiger partial charge in [-0.15, -0.1) is 0 Å². The molecule has 1 aromatic rings. The number of carbonyl (C=O) groups is 5. The summed E-state index contributed by atoms with van der Waals surface area (Å²) in [5.41, 5.74) is 0.201. The third-order valence-electron chi connectivity index (χ3n) is 6.04. The Kier molecular flexibility index (Phi) is 8.91. The van der Waals surface area contributed by atoms with Crippen LogP contribution in [0.1, 0.15) is 55.3 Å². The van der Waals surface area contributed by atoms with E-state index in [0.717, 1.165) is 32.1 Å². The highest BCUT2D eigenvalue weighted by Crippen LogP contribution is 2.24. The Morgan fingerprint density at radius 1 is 1.15 bits per heavy atom. The summed E-state index contributed by atoms with van der Waals surface area (Å²) < 4.78 is 5.08. The number of carbonyl (C=O) groups excluding carboxylic acids is 5. The van der Waals surface area contributed by atoms with Crippen LogP contribution >= 0.6 is 0 Å². The number of nitrogens with zero attached hydrogens (tertiary/aromatic N) is 1. The van der Waals surface area contributed by atoms with E-state index in [-0.39, 0.29) is 36.3 Å². The van der Waals surface area contributed by atoms with Crippen LogP contribution in [0.15, 0.2) is 24.5 Å². The van der Waals surface area contributed by atoms with Gasteiger partial charge < -0.3 is 20.7 Å². The lowest BCUT2D eigenvalue weighted by atomic mass is 9.90. The minimum absolute atomic E-state index is 0.0759. The quantitative estimate of drug-likeness (QED) is 0.434. The lowest BCUT2D eigenvalue weighted by Gasteiger charge is -2.26. The van der Waals surface area contributed by atoms with Crippen LogP contribution in [0.2, 0.25) is 0 Å². The minimum Gasteiger partial charge on any atom is -0.454 e. The first-order valence-corrected chi connectivity index (χ1v) is 11.4. The largest absolute Gasteiger partial charge is 0.454 e. The minimum atomic E-state index is -1.02. The molecule has 0 aromatic carbocycles. The van der Waals surface area contributed by atoms with Crippen LogP contribution in [-0.4, -0.2) is 60.2 Å². The van der Waals surface area contributed by atoms with Gasteiger partial charge in [0.2, 0.25) is 17.7 Å². The lowest BCUT2D eigenvalue weighted by Crippen LogP contribution is -2.49. The Labute approximate surface area is 192 Å². The summed E-state index contributed by atoms with van der Waals surface area (Å²) in [4.78, 5) is 65.6. The van der Waals surface area contributed by atoms with Crippen molar-refractivity contribution in [3.05, 3.63) is 30.1 Å². The van der Waals surface area contributed by atoms with E-state index in [1.165, 1.54) is 18.5 Å². The molecule has 10 nitrogen and oxygen atoms in total. The number of Topliss-reactive ketones (excluding diaryl/α,β-unsaturated/α-hetero) is 1. The van der Waals surface area contributed by atoms with Gasteiger partial charge in [-0.1, -0.05) is 12.8 Å². The number of nitrogens with one attached hydrogen (secondary N) is 3. The van der Waals surface area contributed by atoms with Crippen LogP contribution in [0.5, 0.6) is 0 Å². The predicted octanol–water partition coefficient (Wildman–Crippen LogP) is 0.515. The summed E-state index contributed by atoms with van der Waals surface area (Å²) in [6.07, 6.45) is 7.93. The van der Waals surface area contributed by atoms with Crippen molar-refractivity contribution in [2.24, 2.45) is 11.8 Å². The van der Waals surface area contributed by atoms with E-state index in [0.29, 0.717) is 13.0 Å². The molecule has 2 unspecified atom stereocenters. The molecule has 33 heavy (non-hydrogen) atoms. The Balaban J connectivity index is 1.56. The normalized spacial score (nSPS) is 19.3. The van der Waals surface area contributed by atoms with E-state index in [2.05, 4.69) is 20.9 Å². The first kappa shape index (κ1) is 24.3. The second-order valence-corrected chi connectivity index (χ2v) is 8.47. The Morgan fingerprint density at radius 2 is 1.94 bits per heavy atom. The summed E-state index contributed by atoms with van der Waals surface area (Å²) in [5, 5.41) is 7.99. The molecule has 1 saturated carbocycles. The fourth-order valence-corrected chi connectivity index (χ4v) is 4.16. The maximum Gasteiger partial charge on any atom is 0.340 e. The third kappa shape index (κ3) is 7.37. The summed E-state index contributed by atoms with van der Waals surface area (Å²) in [5.74, 6) is -2.61. The maximum absolute atomic E-state index is 12.8. The number of amides is 3. The van der Waals surface area contributed by atoms with Gasteiger partial charge in [0.1, 0.15) is 0 Å². The van der Waals surface area contributed by atoms with Crippen molar-refractivity contribution >= 4 is 29.5 Å². The van der Waals surface area contributed by atoms with Gasteiger partial charge in [-0.25, -0.2) is 4.79 Å². The molecule has 1 aliphatic carbocycles. The highest BCUT2D eigenvalue weighted by atomic mass is 16.5. The number of pyridine rings is 1. The Morgan fingerprint density at radius 3 is 2.64 bits per heavy atom.